The molecule has 2 fully saturated rings. The quantitative estimate of drug-likeness (QED) is 0.446. The number of fused-ring (bicyclic) bond motifs is 1. The summed E-state index contributed by atoms with van der Waals surface area (Å²) < 4.78 is 35.7. The van der Waals surface area contributed by atoms with Crippen LogP contribution in [0.2, 0.25) is 0 Å². The minimum Gasteiger partial charge on any atom is -0.479 e. The molecule has 1 aliphatic carbocycles. The van der Waals surface area contributed by atoms with Crippen LogP contribution in [-0.4, -0.2) is 48.1 Å². The maximum absolute atomic E-state index is 14.9. The molecule has 2 atom stereocenters. The predicted molar refractivity (Wildman–Crippen MR) is 119 cm³/mol. The van der Waals surface area contributed by atoms with E-state index >= 15 is 0 Å². The van der Waals surface area contributed by atoms with Gasteiger partial charge in [-0.05, 0) is 37.3 Å². The molecule has 1 saturated carbocycles. The van der Waals surface area contributed by atoms with Crippen LogP contribution in [0.1, 0.15) is 24.8 Å². The Labute approximate surface area is 198 Å². The molecule has 3 aromatic heterocycles. The first-order chi connectivity index (χ1) is 17.0. The average molecular weight is 478 g/mol. The van der Waals surface area contributed by atoms with Gasteiger partial charge in [0.25, 0.3) is 0 Å². The van der Waals surface area contributed by atoms with E-state index in [0.717, 1.165) is 19.0 Å². The van der Waals surface area contributed by atoms with E-state index in [1.807, 2.05) is 0 Å². The monoisotopic (exact) mass is 478 g/mol. The fraction of sp³-hybridized carbons (Fsp3) is 0.292. The molecule has 2 aliphatic rings. The first kappa shape index (κ1) is 21.4. The van der Waals surface area contributed by atoms with Gasteiger partial charge in [0.15, 0.2) is 17.5 Å². The zero-order chi connectivity index (χ0) is 24.2. The number of carboxylic acids is 1. The van der Waals surface area contributed by atoms with Crippen molar-refractivity contribution < 1.29 is 23.2 Å². The summed E-state index contributed by atoms with van der Waals surface area (Å²) in [7, 11) is 0. The molecule has 1 aromatic carbocycles. The summed E-state index contributed by atoms with van der Waals surface area (Å²) in [6.07, 6.45) is 4.46. The van der Waals surface area contributed by atoms with E-state index in [-0.39, 0.29) is 29.9 Å². The molecule has 35 heavy (non-hydrogen) atoms. The van der Waals surface area contributed by atoms with Crippen LogP contribution < -0.4 is 4.90 Å². The summed E-state index contributed by atoms with van der Waals surface area (Å²) in [4.78, 5) is 22.2. The van der Waals surface area contributed by atoms with Crippen molar-refractivity contribution >= 4 is 11.8 Å². The molecular weight excluding hydrogens is 458 g/mol. The fourth-order valence-electron chi connectivity index (χ4n) is 5.01. The van der Waals surface area contributed by atoms with Crippen molar-refractivity contribution in [3.8, 4) is 22.9 Å². The van der Waals surface area contributed by atoms with Gasteiger partial charge in [-0.25, -0.2) is 23.5 Å². The Hall–Kier alpha value is -4.15. The number of nitrogens with zero attached hydrogens (tertiary/aromatic N) is 6. The van der Waals surface area contributed by atoms with Crippen molar-refractivity contribution in [2.24, 2.45) is 5.92 Å². The van der Waals surface area contributed by atoms with Crippen LogP contribution in [-0.2, 0) is 11.3 Å². The van der Waals surface area contributed by atoms with Crippen molar-refractivity contribution in [1.82, 2.24) is 24.9 Å². The molecular formula is C24H20F2N6O3. The second kappa shape index (κ2) is 7.97. The van der Waals surface area contributed by atoms with Gasteiger partial charge in [-0.2, -0.15) is 5.10 Å². The summed E-state index contributed by atoms with van der Waals surface area (Å²) >= 11 is 0. The van der Waals surface area contributed by atoms with Crippen molar-refractivity contribution in [1.29, 1.82) is 0 Å². The van der Waals surface area contributed by atoms with Crippen LogP contribution in [0.4, 0.5) is 14.6 Å². The highest BCUT2D eigenvalue weighted by molar-refractivity contribution is 5.88. The zero-order valence-corrected chi connectivity index (χ0v) is 18.4. The topological polar surface area (TPSA) is 110 Å². The van der Waals surface area contributed by atoms with E-state index < -0.39 is 17.3 Å². The minimum absolute atomic E-state index is 0.0229. The van der Waals surface area contributed by atoms with Gasteiger partial charge < -0.3 is 14.5 Å². The second-order valence-corrected chi connectivity index (χ2v) is 8.84. The van der Waals surface area contributed by atoms with Crippen LogP contribution in [0.3, 0.4) is 0 Å². The third-order valence-corrected chi connectivity index (χ3v) is 6.83. The summed E-state index contributed by atoms with van der Waals surface area (Å²) in [6, 6.07) is 9.67. The number of rotatable bonds is 6. The van der Waals surface area contributed by atoms with E-state index in [1.165, 1.54) is 12.3 Å². The Morgan fingerprint density at radius 2 is 2.06 bits per heavy atom. The molecule has 1 saturated heterocycles. The smallest absolute Gasteiger partial charge is 0.329 e. The SMILES string of the molecule is O=C(O)[C@]12C[C@H]1CCCN2c1nc(-c2cc(-c3ccon3)n(Cc3ccccc3F)n2)ncc1F. The Morgan fingerprint density at radius 3 is 2.83 bits per heavy atom. The standard InChI is InChI=1S/C24H20F2N6O3/c25-16-6-2-1-4-14(16)13-32-20(18-7-9-35-30-18)10-19(29-32)21-27-12-17(26)22(28-21)31-8-3-5-15-11-24(15,31)23(33)34/h1-2,4,6-7,9-10,12,15H,3,5,8,11,13H2,(H,33,34)/t15-,24+/m1/s1. The summed E-state index contributed by atoms with van der Waals surface area (Å²) in [5.74, 6) is -1.98. The molecule has 0 bridgehead atoms. The number of halogens is 2. The summed E-state index contributed by atoms with van der Waals surface area (Å²) in [5, 5.41) is 18.4. The first-order valence-electron chi connectivity index (χ1n) is 11.2. The fourth-order valence-corrected chi connectivity index (χ4v) is 5.01. The van der Waals surface area contributed by atoms with Gasteiger partial charge in [0, 0.05) is 18.2 Å². The van der Waals surface area contributed by atoms with Crippen molar-refractivity contribution in [3.05, 3.63) is 66.1 Å². The number of piperidine rings is 1. The molecule has 0 radical (unpaired) electrons. The third-order valence-electron chi connectivity index (χ3n) is 6.83. The van der Waals surface area contributed by atoms with Gasteiger partial charge in [-0.1, -0.05) is 23.4 Å². The van der Waals surface area contributed by atoms with E-state index in [2.05, 4.69) is 20.2 Å². The van der Waals surface area contributed by atoms with Crippen molar-refractivity contribution in [3.63, 3.8) is 0 Å². The summed E-state index contributed by atoms with van der Waals surface area (Å²) in [5.41, 5.74) is 0.622. The largest absolute Gasteiger partial charge is 0.479 e. The average Bonchev–Trinajstić information content (AvgIpc) is 3.16. The van der Waals surface area contributed by atoms with Crippen LogP contribution >= 0.6 is 0 Å². The van der Waals surface area contributed by atoms with Gasteiger partial charge in [0.05, 0.1) is 18.4 Å². The molecule has 0 unspecified atom stereocenters. The van der Waals surface area contributed by atoms with E-state index in [1.54, 1.807) is 39.9 Å². The Balaban J connectivity index is 1.42. The molecule has 0 amide bonds. The molecule has 6 rings (SSSR count). The highest BCUT2D eigenvalue weighted by Crippen LogP contribution is 2.55. The number of hydrogen-bond donors (Lipinski definition) is 1. The lowest BCUT2D eigenvalue weighted by molar-refractivity contribution is -0.140. The maximum atomic E-state index is 14.9. The van der Waals surface area contributed by atoms with Crippen LogP contribution in [0.25, 0.3) is 22.9 Å². The van der Waals surface area contributed by atoms with Crippen LogP contribution in [0.5, 0.6) is 0 Å². The van der Waals surface area contributed by atoms with E-state index in [4.69, 9.17) is 4.52 Å². The van der Waals surface area contributed by atoms with Gasteiger partial charge in [0.2, 0.25) is 0 Å². The Morgan fingerprint density at radius 1 is 1.20 bits per heavy atom. The number of aliphatic carboxylic acids is 1. The minimum atomic E-state index is -1.12. The predicted octanol–water partition coefficient (Wildman–Crippen LogP) is 3.77. The third kappa shape index (κ3) is 3.46. The normalized spacial score (nSPS) is 21.1. The number of hydrogen-bond acceptors (Lipinski definition) is 7. The molecule has 1 N–H and O–H groups in total. The van der Waals surface area contributed by atoms with Gasteiger partial charge in [0.1, 0.15) is 29.0 Å². The highest BCUT2D eigenvalue weighted by Gasteiger charge is 2.66. The molecule has 178 valence electrons. The highest BCUT2D eigenvalue weighted by atomic mass is 19.1. The lowest BCUT2D eigenvalue weighted by atomic mass is 10.0. The number of carbonyl (C=O) groups is 1. The maximum Gasteiger partial charge on any atom is 0.329 e. The van der Waals surface area contributed by atoms with Crippen LogP contribution in [0.15, 0.2) is 53.4 Å². The number of aromatic nitrogens is 5. The molecule has 4 aromatic rings. The van der Waals surface area contributed by atoms with Gasteiger partial charge >= 0.3 is 5.97 Å². The Bertz CT molecular complexity index is 1420. The van der Waals surface area contributed by atoms with E-state index in [9.17, 15) is 18.7 Å². The zero-order valence-electron chi connectivity index (χ0n) is 18.4. The molecule has 1 aliphatic heterocycles. The number of benzene rings is 1. The van der Waals surface area contributed by atoms with Crippen molar-refractivity contribution in [2.45, 2.75) is 31.3 Å². The summed E-state index contributed by atoms with van der Waals surface area (Å²) in [6.45, 7) is 0.501. The van der Waals surface area contributed by atoms with Crippen LogP contribution in [0, 0.1) is 17.6 Å². The van der Waals surface area contributed by atoms with Gasteiger partial charge in [-0.3, -0.25) is 4.68 Å². The Kier molecular flexibility index (Phi) is 4.87. The van der Waals surface area contributed by atoms with Crippen molar-refractivity contribution in [2.75, 3.05) is 11.4 Å². The number of carboxylic acid groups (broad SMARTS) is 1. The molecule has 0 spiro atoms. The lowest BCUT2D eigenvalue weighted by Crippen LogP contribution is -2.49. The molecule has 11 heteroatoms. The van der Waals surface area contributed by atoms with E-state index in [0.29, 0.717) is 35.6 Å². The number of anilines is 1. The second-order valence-electron chi connectivity index (χ2n) is 8.84. The molecule has 9 nitrogen and oxygen atoms in total. The molecule has 4 heterocycles. The lowest BCUT2D eigenvalue weighted by Gasteiger charge is -2.34. The van der Waals surface area contributed by atoms with Gasteiger partial charge in [-0.15, -0.1) is 0 Å². The first-order valence-corrected chi connectivity index (χ1v) is 11.2.